The van der Waals surface area contributed by atoms with E-state index in [4.69, 9.17) is 4.74 Å². The third-order valence-corrected chi connectivity index (χ3v) is 3.35. The van der Waals surface area contributed by atoms with E-state index in [0.717, 1.165) is 19.6 Å². The van der Waals surface area contributed by atoms with E-state index in [2.05, 4.69) is 12.2 Å². The minimum Gasteiger partial charge on any atom is -0.378 e. The van der Waals surface area contributed by atoms with Gasteiger partial charge in [0.1, 0.15) is 0 Å². The summed E-state index contributed by atoms with van der Waals surface area (Å²) < 4.78 is 5.23. The molecule has 4 heteroatoms. The number of hydrogen-bond acceptors (Lipinski definition) is 3. The molecule has 0 saturated carbocycles. The second kappa shape index (κ2) is 10.3. The van der Waals surface area contributed by atoms with Gasteiger partial charge in [-0.25, -0.2) is 0 Å². The largest absolute Gasteiger partial charge is 0.378 e. The van der Waals surface area contributed by atoms with Crippen molar-refractivity contribution in [2.45, 2.75) is 45.4 Å². The zero-order chi connectivity index (χ0) is 13.1. The predicted octanol–water partition coefficient (Wildman–Crippen LogP) is 1.80. The van der Waals surface area contributed by atoms with Gasteiger partial charge in [0.15, 0.2) is 0 Å². The fraction of sp³-hybridized carbons (Fsp3) is 0.929. The van der Waals surface area contributed by atoms with Crippen LogP contribution in [-0.4, -0.2) is 50.2 Å². The van der Waals surface area contributed by atoms with Gasteiger partial charge in [0.2, 0.25) is 5.91 Å². The second-order valence-electron chi connectivity index (χ2n) is 4.94. The highest BCUT2D eigenvalue weighted by molar-refractivity contribution is 5.78. The van der Waals surface area contributed by atoms with Crippen LogP contribution in [0.5, 0.6) is 0 Å². The summed E-state index contributed by atoms with van der Waals surface area (Å²) in [6.45, 7) is 6.54. The Morgan fingerprint density at radius 1 is 1.11 bits per heavy atom. The topological polar surface area (TPSA) is 41.6 Å². The number of rotatable bonds is 9. The Morgan fingerprint density at radius 2 is 1.78 bits per heavy atom. The number of unbranched alkanes of at least 4 members (excludes halogenated alkanes) is 5. The number of morpholine rings is 1. The summed E-state index contributed by atoms with van der Waals surface area (Å²) in [5, 5.41) is 3.24. The lowest BCUT2D eigenvalue weighted by atomic mass is 10.1. The van der Waals surface area contributed by atoms with E-state index in [9.17, 15) is 4.79 Å². The molecule has 0 atom stereocenters. The molecule has 1 heterocycles. The Kier molecular flexibility index (Phi) is 8.86. The second-order valence-corrected chi connectivity index (χ2v) is 4.94. The number of carbonyl (C=O) groups excluding carboxylic acids is 1. The molecule has 0 aromatic heterocycles. The minimum absolute atomic E-state index is 0.212. The van der Waals surface area contributed by atoms with Crippen LogP contribution in [-0.2, 0) is 9.53 Å². The maximum atomic E-state index is 11.8. The lowest BCUT2D eigenvalue weighted by Crippen LogP contribution is -2.44. The van der Waals surface area contributed by atoms with Crippen molar-refractivity contribution in [3.8, 4) is 0 Å². The first-order valence-electron chi connectivity index (χ1n) is 7.41. The molecule has 1 saturated heterocycles. The number of ether oxygens (including phenoxy) is 1. The quantitative estimate of drug-likeness (QED) is 0.640. The molecule has 18 heavy (non-hydrogen) atoms. The van der Waals surface area contributed by atoms with Gasteiger partial charge in [0.25, 0.3) is 0 Å². The predicted molar refractivity (Wildman–Crippen MR) is 73.6 cm³/mol. The molecule has 0 radical (unpaired) electrons. The Morgan fingerprint density at radius 3 is 2.50 bits per heavy atom. The molecule has 0 spiro atoms. The first-order chi connectivity index (χ1) is 8.84. The van der Waals surface area contributed by atoms with E-state index in [1.807, 2.05) is 4.90 Å². The average molecular weight is 256 g/mol. The molecule has 1 amide bonds. The number of nitrogens with one attached hydrogen (secondary N) is 1. The minimum atomic E-state index is 0.212. The lowest BCUT2D eigenvalue weighted by molar-refractivity contribution is -0.134. The molecule has 1 fully saturated rings. The van der Waals surface area contributed by atoms with Crippen LogP contribution in [0.4, 0.5) is 0 Å². The van der Waals surface area contributed by atoms with Gasteiger partial charge in [-0.05, 0) is 13.0 Å². The Hall–Kier alpha value is -0.610. The molecule has 0 aromatic rings. The highest BCUT2D eigenvalue weighted by Crippen LogP contribution is 2.04. The number of hydrogen-bond donors (Lipinski definition) is 1. The molecular formula is C14H28N2O2. The zero-order valence-electron chi connectivity index (χ0n) is 11.7. The van der Waals surface area contributed by atoms with Crippen LogP contribution in [0, 0.1) is 0 Å². The average Bonchev–Trinajstić information content (AvgIpc) is 2.42. The summed E-state index contributed by atoms with van der Waals surface area (Å²) in [4.78, 5) is 13.7. The zero-order valence-corrected chi connectivity index (χ0v) is 11.7. The van der Waals surface area contributed by atoms with E-state index in [0.29, 0.717) is 19.8 Å². The van der Waals surface area contributed by atoms with Crippen molar-refractivity contribution in [2.24, 2.45) is 0 Å². The van der Waals surface area contributed by atoms with Crippen molar-refractivity contribution >= 4 is 5.91 Å². The highest BCUT2D eigenvalue weighted by Gasteiger charge is 2.15. The molecule has 0 bridgehead atoms. The lowest BCUT2D eigenvalue weighted by Gasteiger charge is -2.26. The monoisotopic (exact) mass is 256 g/mol. The molecule has 0 unspecified atom stereocenters. The standard InChI is InChI=1S/C14H28N2O2/c1-2-3-4-5-6-7-8-15-13-14(17)16-9-11-18-12-10-16/h15H,2-13H2,1H3. The Labute approximate surface area is 111 Å². The van der Waals surface area contributed by atoms with Gasteiger partial charge >= 0.3 is 0 Å². The van der Waals surface area contributed by atoms with Crippen LogP contribution in [0.1, 0.15) is 45.4 Å². The number of nitrogens with zero attached hydrogens (tertiary/aromatic N) is 1. The summed E-state index contributed by atoms with van der Waals surface area (Å²) in [5.41, 5.74) is 0. The van der Waals surface area contributed by atoms with Crippen molar-refractivity contribution in [1.82, 2.24) is 10.2 Å². The Bertz CT molecular complexity index is 216. The fourth-order valence-electron chi connectivity index (χ4n) is 2.15. The van der Waals surface area contributed by atoms with E-state index in [1.54, 1.807) is 0 Å². The summed E-state index contributed by atoms with van der Waals surface area (Å²) in [5.74, 6) is 0.212. The fourth-order valence-corrected chi connectivity index (χ4v) is 2.15. The molecule has 1 aliphatic rings. The van der Waals surface area contributed by atoms with E-state index in [-0.39, 0.29) is 5.91 Å². The summed E-state index contributed by atoms with van der Waals surface area (Å²) >= 11 is 0. The van der Waals surface area contributed by atoms with E-state index < -0.39 is 0 Å². The van der Waals surface area contributed by atoms with Crippen molar-refractivity contribution in [3.63, 3.8) is 0 Å². The molecule has 0 aliphatic carbocycles. The summed E-state index contributed by atoms with van der Waals surface area (Å²) in [7, 11) is 0. The molecule has 0 aromatic carbocycles. The number of amides is 1. The van der Waals surface area contributed by atoms with Crippen molar-refractivity contribution in [3.05, 3.63) is 0 Å². The van der Waals surface area contributed by atoms with Gasteiger partial charge in [-0.2, -0.15) is 0 Å². The van der Waals surface area contributed by atoms with Gasteiger partial charge in [-0.15, -0.1) is 0 Å². The normalized spacial score (nSPS) is 15.9. The van der Waals surface area contributed by atoms with Crippen LogP contribution in [0.3, 0.4) is 0 Å². The Balaban J connectivity index is 1.89. The van der Waals surface area contributed by atoms with Gasteiger partial charge in [-0.3, -0.25) is 4.79 Å². The van der Waals surface area contributed by atoms with Crippen LogP contribution in [0.15, 0.2) is 0 Å². The smallest absolute Gasteiger partial charge is 0.236 e. The van der Waals surface area contributed by atoms with Crippen LogP contribution in [0.2, 0.25) is 0 Å². The van der Waals surface area contributed by atoms with Crippen LogP contribution >= 0.6 is 0 Å². The summed E-state index contributed by atoms with van der Waals surface area (Å²) in [6, 6.07) is 0. The first-order valence-corrected chi connectivity index (χ1v) is 7.41. The molecule has 1 rings (SSSR count). The van der Waals surface area contributed by atoms with Crippen LogP contribution in [0.25, 0.3) is 0 Å². The summed E-state index contributed by atoms with van der Waals surface area (Å²) in [6.07, 6.45) is 7.78. The van der Waals surface area contributed by atoms with E-state index >= 15 is 0 Å². The van der Waals surface area contributed by atoms with Gasteiger partial charge in [0.05, 0.1) is 19.8 Å². The van der Waals surface area contributed by atoms with Gasteiger partial charge in [0, 0.05) is 13.1 Å². The van der Waals surface area contributed by atoms with Gasteiger partial charge < -0.3 is 15.0 Å². The first kappa shape index (κ1) is 15.4. The van der Waals surface area contributed by atoms with Crippen molar-refractivity contribution in [2.75, 3.05) is 39.4 Å². The maximum absolute atomic E-state index is 11.8. The molecule has 1 aliphatic heterocycles. The molecule has 4 nitrogen and oxygen atoms in total. The van der Waals surface area contributed by atoms with Crippen LogP contribution < -0.4 is 5.32 Å². The van der Waals surface area contributed by atoms with Crippen molar-refractivity contribution in [1.29, 1.82) is 0 Å². The maximum Gasteiger partial charge on any atom is 0.236 e. The third-order valence-electron chi connectivity index (χ3n) is 3.35. The van der Waals surface area contributed by atoms with E-state index in [1.165, 1.54) is 38.5 Å². The number of carbonyl (C=O) groups is 1. The third kappa shape index (κ3) is 6.97. The molecular weight excluding hydrogens is 228 g/mol. The molecule has 1 N–H and O–H groups in total. The SMILES string of the molecule is CCCCCCCCNCC(=O)N1CCOCC1. The highest BCUT2D eigenvalue weighted by atomic mass is 16.5. The van der Waals surface area contributed by atoms with Gasteiger partial charge in [-0.1, -0.05) is 39.0 Å². The van der Waals surface area contributed by atoms with Crippen molar-refractivity contribution < 1.29 is 9.53 Å². The molecule has 106 valence electrons.